The van der Waals surface area contributed by atoms with E-state index in [-0.39, 0.29) is 0 Å². The molecule has 1 atom stereocenters. The Balaban J connectivity index is 1.89. The van der Waals surface area contributed by atoms with Crippen molar-refractivity contribution in [1.82, 2.24) is 4.31 Å². The van der Waals surface area contributed by atoms with Crippen LogP contribution in [-0.2, 0) is 9.92 Å². The zero-order chi connectivity index (χ0) is 16.4. The fourth-order valence-electron chi connectivity index (χ4n) is 3.06. The molecule has 2 aromatic carbocycles. The Bertz CT molecular complexity index is 917. The van der Waals surface area contributed by atoms with Gasteiger partial charge in [-0.2, -0.15) is 4.36 Å². The van der Waals surface area contributed by atoms with E-state index in [9.17, 15) is 4.21 Å². The second-order valence-corrected chi connectivity index (χ2v) is 9.49. The number of piperidine rings is 1. The van der Waals surface area contributed by atoms with Gasteiger partial charge < -0.3 is 0 Å². The minimum absolute atomic E-state index is 0.783. The summed E-state index contributed by atoms with van der Waals surface area (Å²) in [6.07, 6.45) is 3.39. The Kier molecular flexibility index (Phi) is 4.39. The highest BCUT2D eigenvalue weighted by Gasteiger charge is 2.26. The first-order valence-electron chi connectivity index (χ1n) is 8.32. The van der Waals surface area contributed by atoms with Gasteiger partial charge in [-0.3, -0.25) is 0 Å². The fourth-order valence-corrected chi connectivity index (χ4v) is 6.89. The summed E-state index contributed by atoms with van der Waals surface area (Å²) < 4.78 is 22.9. The molecule has 24 heavy (non-hydrogen) atoms. The highest BCUT2D eigenvalue weighted by Crippen LogP contribution is 2.35. The van der Waals surface area contributed by atoms with Gasteiger partial charge in [-0.1, -0.05) is 42.8 Å². The minimum Gasteiger partial charge on any atom is -0.227 e. The van der Waals surface area contributed by atoms with E-state index in [0.29, 0.717) is 0 Å². The van der Waals surface area contributed by atoms with Gasteiger partial charge in [0.2, 0.25) is 0 Å². The predicted molar refractivity (Wildman–Crippen MR) is 102 cm³/mol. The topological polar surface area (TPSA) is 32.7 Å². The number of thiophene rings is 1. The van der Waals surface area contributed by atoms with Crippen molar-refractivity contribution in [3.63, 3.8) is 0 Å². The molecule has 1 fully saturated rings. The quantitative estimate of drug-likeness (QED) is 0.613. The van der Waals surface area contributed by atoms with Gasteiger partial charge in [-0.05, 0) is 42.5 Å². The molecule has 0 N–H and O–H groups in total. The van der Waals surface area contributed by atoms with Gasteiger partial charge in [0.1, 0.15) is 4.21 Å². The maximum absolute atomic E-state index is 14.1. The number of hydrogen-bond donors (Lipinski definition) is 0. The molecule has 2 heterocycles. The van der Waals surface area contributed by atoms with Crippen molar-refractivity contribution in [1.29, 1.82) is 0 Å². The van der Waals surface area contributed by atoms with Crippen LogP contribution in [0.5, 0.6) is 0 Å². The number of hydrogen-bond acceptors (Lipinski definition) is 3. The Morgan fingerprint density at radius 2 is 1.62 bits per heavy atom. The summed E-state index contributed by atoms with van der Waals surface area (Å²) in [7, 11) is -2.61. The zero-order valence-electron chi connectivity index (χ0n) is 13.4. The maximum atomic E-state index is 14.1. The van der Waals surface area contributed by atoms with E-state index in [4.69, 9.17) is 4.36 Å². The largest absolute Gasteiger partial charge is 0.227 e. The average Bonchev–Trinajstić information content (AvgIpc) is 3.08. The van der Waals surface area contributed by atoms with Gasteiger partial charge in [0.15, 0.2) is 9.92 Å². The van der Waals surface area contributed by atoms with Crippen LogP contribution < -0.4 is 0 Å². The maximum Gasteiger partial charge on any atom is 0.154 e. The van der Waals surface area contributed by atoms with E-state index in [2.05, 4.69) is 22.5 Å². The van der Waals surface area contributed by atoms with Crippen molar-refractivity contribution < 1.29 is 4.21 Å². The van der Waals surface area contributed by atoms with Crippen LogP contribution in [0.4, 0.5) is 5.69 Å². The molecule has 0 aliphatic carbocycles. The third-order valence-corrected chi connectivity index (χ3v) is 8.29. The molecule has 1 saturated heterocycles. The number of fused-ring (bicyclic) bond motifs is 1. The van der Waals surface area contributed by atoms with Crippen molar-refractivity contribution in [3.8, 4) is 0 Å². The summed E-state index contributed by atoms with van der Waals surface area (Å²) in [5.41, 5.74) is 0.783. The molecule has 5 heteroatoms. The molecule has 0 spiro atoms. The summed E-state index contributed by atoms with van der Waals surface area (Å²) in [6.45, 7) is 1.70. The minimum atomic E-state index is -2.61. The van der Waals surface area contributed by atoms with E-state index < -0.39 is 9.92 Å². The van der Waals surface area contributed by atoms with Gasteiger partial charge in [-0.25, -0.2) is 8.51 Å². The summed E-state index contributed by atoms with van der Waals surface area (Å²) in [5.74, 6) is 0. The van der Waals surface area contributed by atoms with E-state index in [1.54, 1.807) is 11.3 Å². The summed E-state index contributed by atoms with van der Waals surface area (Å²) in [6, 6.07) is 20.0. The van der Waals surface area contributed by atoms with Gasteiger partial charge in [-0.15, -0.1) is 11.3 Å². The molecule has 1 aliphatic rings. The van der Waals surface area contributed by atoms with Crippen molar-refractivity contribution in [2.45, 2.75) is 23.5 Å². The molecular formula is C19H20N2OS2. The van der Waals surface area contributed by atoms with Gasteiger partial charge in [0, 0.05) is 17.8 Å². The molecule has 0 saturated carbocycles. The van der Waals surface area contributed by atoms with Crippen molar-refractivity contribution in [2.75, 3.05) is 13.1 Å². The van der Waals surface area contributed by atoms with Crippen LogP contribution in [0, 0.1) is 0 Å². The molecule has 4 rings (SSSR count). The summed E-state index contributed by atoms with van der Waals surface area (Å²) in [4.78, 5) is 0. The van der Waals surface area contributed by atoms with E-state index in [1.807, 2.05) is 42.5 Å². The second-order valence-electron chi connectivity index (χ2n) is 6.02. The van der Waals surface area contributed by atoms with Crippen LogP contribution in [0.1, 0.15) is 19.3 Å². The Morgan fingerprint density at radius 3 is 2.38 bits per heavy atom. The molecule has 1 aromatic heterocycles. The molecule has 3 nitrogen and oxygen atoms in total. The van der Waals surface area contributed by atoms with Crippen molar-refractivity contribution in [3.05, 3.63) is 60.7 Å². The molecule has 1 unspecified atom stereocenters. The van der Waals surface area contributed by atoms with Crippen LogP contribution in [0.25, 0.3) is 10.1 Å². The van der Waals surface area contributed by atoms with Crippen LogP contribution in [0.15, 0.2) is 69.2 Å². The third kappa shape index (κ3) is 2.99. The smallest absolute Gasteiger partial charge is 0.154 e. The molecule has 3 aromatic rings. The van der Waals surface area contributed by atoms with Crippen LogP contribution in [-0.4, -0.2) is 21.6 Å². The van der Waals surface area contributed by atoms with Gasteiger partial charge in [0.25, 0.3) is 0 Å². The van der Waals surface area contributed by atoms with Crippen molar-refractivity contribution >= 4 is 37.0 Å². The first-order chi connectivity index (χ1) is 11.8. The molecule has 0 amide bonds. The van der Waals surface area contributed by atoms with Crippen LogP contribution in [0.2, 0.25) is 0 Å². The number of nitrogens with zero attached hydrogens (tertiary/aromatic N) is 2. The van der Waals surface area contributed by atoms with E-state index in [1.165, 1.54) is 11.1 Å². The van der Waals surface area contributed by atoms with Gasteiger partial charge in [0.05, 0.1) is 5.69 Å². The first-order valence-corrected chi connectivity index (χ1v) is 10.6. The molecule has 0 bridgehead atoms. The average molecular weight is 357 g/mol. The third-order valence-electron chi connectivity index (χ3n) is 4.32. The summed E-state index contributed by atoms with van der Waals surface area (Å²) in [5, 5.41) is 1.14. The number of benzene rings is 2. The lowest BCUT2D eigenvalue weighted by Gasteiger charge is -2.28. The molecule has 1 aliphatic heterocycles. The summed E-state index contributed by atoms with van der Waals surface area (Å²) >= 11 is 1.61. The number of rotatable bonds is 3. The lowest BCUT2D eigenvalue weighted by Crippen LogP contribution is -2.35. The first kappa shape index (κ1) is 15.8. The van der Waals surface area contributed by atoms with Crippen LogP contribution >= 0.6 is 11.3 Å². The van der Waals surface area contributed by atoms with E-state index in [0.717, 1.165) is 41.2 Å². The SMILES string of the molecule is O=S(=Nc1ccccc1)(c1cc2ccccc2s1)N1CCCCC1. The fraction of sp³-hybridized carbons (Fsp3) is 0.263. The van der Waals surface area contributed by atoms with E-state index >= 15 is 0 Å². The standard InChI is InChI=1S/C19H20N2OS2/c22-24(21-13-7-2-8-14-21,20-17-10-3-1-4-11-17)19-15-16-9-5-6-12-18(16)23-19/h1,3-6,9-12,15H,2,7-8,13-14H2. The van der Waals surface area contributed by atoms with Crippen molar-refractivity contribution in [2.24, 2.45) is 4.36 Å². The van der Waals surface area contributed by atoms with Gasteiger partial charge >= 0.3 is 0 Å². The molecular weight excluding hydrogens is 336 g/mol. The molecule has 124 valence electrons. The lowest BCUT2D eigenvalue weighted by atomic mass is 10.2. The Morgan fingerprint density at radius 1 is 0.917 bits per heavy atom. The predicted octanol–water partition coefficient (Wildman–Crippen LogP) is 5.46. The normalized spacial score (nSPS) is 18.3. The Hall–Kier alpha value is -1.69. The monoisotopic (exact) mass is 356 g/mol. The zero-order valence-corrected chi connectivity index (χ0v) is 15.1. The highest BCUT2D eigenvalue weighted by molar-refractivity contribution is 7.93. The molecule has 0 radical (unpaired) electrons. The van der Waals surface area contributed by atoms with Crippen LogP contribution in [0.3, 0.4) is 0 Å². The second kappa shape index (κ2) is 6.67. The highest BCUT2D eigenvalue weighted by atomic mass is 32.2. The Labute approximate surface area is 147 Å². The lowest BCUT2D eigenvalue weighted by molar-refractivity contribution is 0.362.